The van der Waals surface area contributed by atoms with Crippen LogP contribution in [0.1, 0.15) is 32.6 Å². The Morgan fingerprint density at radius 1 is 1.47 bits per heavy atom. The maximum Gasteiger partial charge on any atom is 0.250 e. The molecule has 0 heterocycles. The fourth-order valence-electron chi connectivity index (χ4n) is 2.54. The summed E-state index contributed by atoms with van der Waals surface area (Å²) in [5.41, 5.74) is 7.01. The van der Waals surface area contributed by atoms with Gasteiger partial charge in [-0.2, -0.15) is 0 Å². The van der Waals surface area contributed by atoms with E-state index >= 15 is 0 Å². The minimum Gasteiger partial charge on any atom is -0.399 e. The van der Waals surface area contributed by atoms with Crippen molar-refractivity contribution in [3.63, 3.8) is 0 Å². The van der Waals surface area contributed by atoms with Crippen LogP contribution in [0, 0.1) is 5.92 Å². The molecule has 0 saturated heterocycles. The van der Waals surface area contributed by atoms with Gasteiger partial charge in [-0.15, -0.1) is 0 Å². The Morgan fingerprint density at radius 3 is 3.05 bits per heavy atom. The number of hydrogen-bond acceptors (Lipinski definition) is 3. The van der Waals surface area contributed by atoms with E-state index in [0.717, 1.165) is 12.8 Å². The molecule has 3 N–H and O–H groups in total. The molecule has 1 fully saturated rings. The summed E-state index contributed by atoms with van der Waals surface area (Å²) >= 11 is 0. The Hall–Kier alpha value is -1.55. The van der Waals surface area contributed by atoms with Gasteiger partial charge in [0.15, 0.2) is 0 Å². The van der Waals surface area contributed by atoms with Crippen LogP contribution < -0.4 is 11.1 Å². The number of benzene rings is 1. The minimum atomic E-state index is -0.121. The van der Waals surface area contributed by atoms with Gasteiger partial charge in [0.25, 0.3) is 0 Å². The van der Waals surface area contributed by atoms with Gasteiger partial charge in [-0.25, -0.2) is 0 Å². The molecule has 1 aliphatic rings. The molecular formula is C15H22N2O2. The normalized spacial score (nSPS) is 23.0. The Balaban J connectivity index is 1.75. The zero-order chi connectivity index (χ0) is 13.7. The van der Waals surface area contributed by atoms with E-state index in [0.29, 0.717) is 17.3 Å². The highest BCUT2D eigenvalue weighted by molar-refractivity contribution is 5.92. The first-order chi connectivity index (χ1) is 9.13. The smallest absolute Gasteiger partial charge is 0.250 e. The fraction of sp³-hybridized carbons (Fsp3) is 0.533. The van der Waals surface area contributed by atoms with Crippen molar-refractivity contribution in [3.05, 3.63) is 24.3 Å². The zero-order valence-electron chi connectivity index (χ0n) is 11.4. The molecule has 0 radical (unpaired) electrons. The van der Waals surface area contributed by atoms with Gasteiger partial charge < -0.3 is 15.8 Å². The number of amides is 1. The van der Waals surface area contributed by atoms with Gasteiger partial charge in [-0.1, -0.05) is 25.8 Å². The van der Waals surface area contributed by atoms with Crippen molar-refractivity contribution in [1.82, 2.24) is 0 Å². The summed E-state index contributed by atoms with van der Waals surface area (Å²) in [7, 11) is 0. The number of carbonyl (C=O) groups excluding carboxylic acids is 1. The van der Waals surface area contributed by atoms with Crippen LogP contribution >= 0.6 is 0 Å². The summed E-state index contributed by atoms with van der Waals surface area (Å²) < 4.78 is 5.67. The number of anilines is 2. The lowest BCUT2D eigenvalue weighted by atomic mass is 9.89. The Labute approximate surface area is 114 Å². The van der Waals surface area contributed by atoms with Crippen molar-refractivity contribution in [1.29, 1.82) is 0 Å². The van der Waals surface area contributed by atoms with E-state index < -0.39 is 0 Å². The first kappa shape index (κ1) is 13.9. The third kappa shape index (κ3) is 4.56. The monoisotopic (exact) mass is 262 g/mol. The second kappa shape index (κ2) is 6.57. The van der Waals surface area contributed by atoms with E-state index in [4.69, 9.17) is 10.5 Å². The standard InChI is InChI=1S/C15H22N2O2/c1-11-4-2-7-14(8-11)19-10-15(18)17-13-6-3-5-12(16)9-13/h3,5-6,9,11,14H,2,4,7-8,10,16H2,1H3,(H,17,18). The molecule has 1 aliphatic carbocycles. The van der Waals surface area contributed by atoms with Crippen molar-refractivity contribution in [2.75, 3.05) is 17.7 Å². The third-order valence-corrected chi connectivity index (χ3v) is 3.51. The molecule has 2 unspecified atom stereocenters. The first-order valence-electron chi connectivity index (χ1n) is 6.90. The van der Waals surface area contributed by atoms with Crippen LogP contribution in [-0.4, -0.2) is 18.6 Å². The maximum absolute atomic E-state index is 11.8. The lowest BCUT2D eigenvalue weighted by molar-refractivity contribution is -0.123. The van der Waals surface area contributed by atoms with Crippen molar-refractivity contribution < 1.29 is 9.53 Å². The molecule has 0 bridgehead atoms. The number of nitrogens with one attached hydrogen (secondary N) is 1. The van der Waals surface area contributed by atoms with E-state index in [1.54, 1.807) is 12.1 Å². The fourth-order valence-corrected chi connectivity index (χ4v) is 2.54. The molecule has 104 valence electrons. The number of hydrogen-bond donors (Lipinski definition) is 2. The summed E-state index contributed by atoms with van der Waals surface area (Å²) in [6.07, 6.45) is 4.83. The van der Waals surface area contributed by atoms with E-state index in [1.165, 1.54) is 12.8 Å². The predicted molar refractivity (Wildman–Crippen MR) is 76.9 cm³/mol. The summed E-state index contributed by atoms with van der Waals surface area (Å²) in [4.78, 5) is 11.8. The lowest BCUT2D eigenvalue weighted by Crippen LogP contribution is -2.26. The zero-order valence-corrected chi connectivity index (χ0v) is 11.4. The molecule has 0 aliphatic heterocycles. The second-order valence-electron chi connectivity index (χ2n) is 5.38. The van der Waals surface area contributed by atoms with Gasteiger partial charge >= 0.3 is 0 Å². The Kier molecular flexibility index (Phi) is 4.80. The Morgan fingerprint density at radius 2 is 2.32 bits per heavy atom. The average Bonchev–Trinajstić information content (AvgIpc) is 2.36. The van der Waals surface area contributed by atoms with E-state index in [-0.39, 0.29) is 18.6 Å². The van der Waals surface area contributed by atoms with Gasteiger partial charge in [0, 0.05) is 11.4 Å². The molecule has 1 aromatic carbocycles. The van der Waals surface area contributed by atoms with Crippen LogP contribution in [-0.2, 0) is 9.53 Å². The SMILES string of the molecule is CC1CCCC(OCC(=O)Nc2cccc(N)c2)C1. The minimum absolute atomic E-state index is 0.117. The van der Waals surface area contributed by atoms with Gasteiger partial charge in [0.1, 0.15) is 6.61 Å². The maximum atomic E-state index is 11.8. The van der Waals surface area contributed by atoms with Gasteiger partial charge in [0.05, 0.1) is 6.10 Å². The van der Waals surface area contributed by atoms with E-state index in [2.05, 4.69) is 12.2 Å². The van der Waals surface area contributed by atoms with Crippen LogP contribution in [0.15, 0.2) is 24.3 Å². The molecule has 1 saturated carbocycles. The van der Waals surface area contributed by atoms with Crippen molar-refractivity contribution in [3.8, 4) is 0 Å². The highest BCUT2D eigenvalue weighted by atomic mass is 16.5. The predicted octanol–water partition coefficient (Wildman–Crippen LogP) is 2.80. The van der Waals surface area contributed by atoms with E-state index in [9.17, 15) is 4.79 Å². The second-order valence-corrected chi connectivity index (χ2v) is 5.38. The lowest BCUT2D eigenvalue weighted by Gasteiger charge is -2.26. The number of ether oxygens (including phenoxy) is 1. The molecule has 2 atom stereocenters. The highest BCUT2D eigenvalue weighted by Gasteiger charge is 2.20. The molecule has 19 heavy (non-hydrogen) atoms. The number of nitrogen functional groups attached to an aromatic ring is 1. The number of rotatable bonds is 4. The number of carbonyl (C=O) groups is 1. The molecule has 2 rings (SSSR count). The molecule has 0 aromatic heterocycles. The topological polar surface area (TPSA) is 64.3 Å². The first-order valence-corrected chi connectivity index (χ1v) is 6.90. The highest BCUT2D eigenvalue weighted by Crippen LogP contribution is 2.25. The summed E-state index contributed by atoms with van der Waals surface area (Å²) in [6.45, 7) is 2.36. The molecule has 0 spiro atoms. The molecule has 1 amide bonds. The molecule has 1 aromatic rings. The van der Waals surface area contributed by atoms with Crippen molar-refractivity contribution >= 4 is 17.3 Å². The van der Waals surface area contributed by atoms with Gasteiger partial charge in [0.2, 0.25) is 5.91 Å². The average molecular weight is 262 g/mol. The van der Waals surface area contributed by atoms with Crippen LogP contribution in [0.25, 0.3) is 0 Å². The van der Waals surface area contributed by atoms with Crippen LogP contribution in [0.3, 0.4) is 0 Å². The summed E-state index contributed by atoms with van der Waals surface area (Å²) in [5.74, 6) is 0.583. The largest absolute Gasteiger partial charge is 0.399 e. The van der Waals surface area contributed by atoms with Gasteiger partial charge in [-0.05, 0) is 37.0 Å². The van der Waals surface area contributed by atoms with Crippen LogP contribution in [0.2, 0.25) is 0 Å². The number of nitrogens with two attached hydrogens (primary N) is 1. The Bertz CT molecular complexity index is 434. The van der Waals surface area contributed by atoms with Crippen molar-refractivity contribution in [2.45, 2.75) is 38.7 Å². The summed E-state index contributed by atoms with van der Waals surface area (Å²) in [6, 6.07) is 7.15. The van der Waals surface area contributed by atoms with Crippen molar-refractivity contribution in [2.24, 2.45) is 5.92 Å². The quantitative estimate of drug-likeness (QED) is 0.820. The molecular weight excluding hydrogens is 240 g/mol. The van der Waals surface area contributed by atoms with Crippen LogP contribution in [0.4, 0.5) is 11.4 Å². The van der Waals surface area contributed by atoms with Crippen LogP contribution in [0.5, 0.6) is 0 Å². The third-order valence-electron chi connectivity index (χ3n) is 3.51. The molecule has 4 heteroatoms. The molecule has 4 nitrogen and oxygen atoms in total. The summed E-state index contributed by atoms with van der Waals surface area (Å²) in [5, 5.41) is 2.79. The van der Waals surface area contributed by atoms with Gasteiger partial charge in [-0.3, -0.25) is 4.79 Å². The van der Waals surface area contributed by atoms with E-state index in [1.807, 2.05) is 12.1 Å².